The zero-order chi connectivity index (χ0) is 36.8. The third-order valence-electron chi connectivity index (χ3n) is 8.60. The molecule has 0 saturated carbocycles. The van der Waals surface area contributed by atoms with Gasteiger partial charge < -0.3 is 24.4 Å². The second-order valence-electron chi connectivity index (χ2n) is 13.3. The minimum Gasteiger partial charge on any atom is -0.465 e. The first-order valence-corrected chi connectivity index (χ1v) is 16.3. The SMILES string of the molecule is CC(C)(C)OC(=O)N1CC(F)(F)CC1COc1nc(N2CCN(C(=O)O)C(CC#N)C2)c2cnc(-c3cccc4ccc(F)c(Cl)c34)c(F)c2n1. The number of nitrogens with zero attached hydrogens (tertiary/aromatic N) is 7. The average molecular weight is 730 g/mol. The number of aromatic nitrogens is 3. The van der Waals surface area contributed by atoms with Crippen LogP contribution in [0.1, 0.15) is 33.6 Å². The molecule has 0 bridgehead atoms. The summed E-state index contributed by atoms with van der Waals surface area (Å²) in [7, 11) is 0. The Labute approximate surface area is 294 Å². The summed E-state index contributed by atoms with van der Waals surface area (Å²) in [5.41, 5.74) is -1.29. The van der Waals surface area contributed by atoms with E-state index in [1.54, 1.807) is 37.8 Å². The highest BCUT2D eigenvalue weighted by atomic mass is 35.5. The Bertz CT molecular complexity index is 2080. The number of alkyl halides is 2. The number of anilines is 1. The molecule has 2 saturated heterocycles. The van der Waals surface area contributed by atoms with Gasteiger partial charge in [0.1, 0.15) is 35.1 Å². The van der Waals surface area contributed by atoms with Gasteiger partial charge in [0, 0.05) is 43.2 Å². The van der Waals surface area contributed by atoms with Crippen LogP contribution in [0.2, 0.25) is 5.02 Å². The summed E-state index contributed by atoms with van der Waals surface area (Å²) >= 11 is 6.33. The topological polar surface area (TPSA) is 145 Å². The molecule has 1 N–H and O–H groups in total. The zero-order valence-corrected chi connectivity index (χ0v) is 28.4. The van der Waals surface area contributed by atoms with Crippen molar-refractivity contribution in [1.29, 1.82) is 5.26 Å². The molecule has 2 aromatic carbocycles. The Kier molecular flexibility index (Phi) is 9.45. The maximum atomic E-state index is 16.7. The van der Waals surface area contributed by atoms with Crippen molar-refractivity contribution >= 4 is 51.3 Å². The molecule has 0 spiro atoms. The number of carboxylic acid groups (broad SMARTS) is 1. The third-order valence-corrected chi connectivity index (χ3v) is 8.97. The molecule has 12 nitrogen and oxygen atoms in total. The highest BCUT2D eigenvalue weighted by Crippen LogP contribution is 2.39. The van der Waals surface area contributed by atoms with E-state index < -0.39 is 73.0 Å². The van der Waals surface area contributed by atoms with Crippen LogP contribution in [-0.4, -0.2) is 98.4 Å². The van der Waals surface area contributed by atoms with Crippen molar-refractivity contribution in [2.45, 2.75) is 57.2 Å². The summed E-state index contributed by atoms with van der Waals surface area (Å²) in [6.45, 7) is 3.48. The number of amides is 2. The fraction of sp³-hybridized carbons (Fsp3) is 0.412. The van der Waals surface area contributed by atoms with Gasteiger partial charge in [0.15, 0.2) is 5.82 Å². The average Bonchev–Trinajstić information content (AvgIpc) is 3.39. The predicted molar refractivity (Wildman–Crippen MR) is 178 cm³/mol. The van der Waals surface area contributed by atoms with E-state index in [2.05, 4.69) is 15.0 Å². The lowest BCUT2D eigenvalue weighted by atomic mass is 10.0. The van der Waals surface area contributed by atoms with Crippen LogP contribution >= 0.6 is 11.6 Å². The Morgan fingerprint density at radius 1 is 1.12 bits per heavy atom. The van der Waals surface area contributed by atoms with Crippen molar-refractivity contribution < 1.29 is 41.7 Å². The van der Waals surface area contributed by atoms with Crippen LogP contribution in [0.4, 0.5) is 33.0 Å². The lowest BCUT2D eigenvalue weighted by Crippen LogP contribution is -2.55. The number of benzene rings is 2. The first kappa shape index (κ1) is 35.6. The van der Waals surface area contributed by atoms with E-state index in [-0.39, 0.29) is 64.4 Å². The standard InChI is InChI=1S/C34H32ClF4N7O5/c1-33(2,3)51-32(49)46-17-34(38,39)13-20(46)16-50-30-42-28-22(29(43-30)44-11-12-45(31(47)48)19(15-44)9-10-40)14-41-27(26(28)37)21-6-4-5-18-7-8-23(36)25(35)24(18)21/h4-8,14,19-20H,9,11-13,15-17H2,1-3H3,(H,47,48). The van der Waals surface area contributed by atoms with E-state index in [4.69, 9.17) is 21.1 Å². The minimum absolute atomic E-state index is 0.00569. The molecular formula is C34H32ClF4N7O5. The molecule has 268 valence electrons. The van der Waals surface area contributed by atoms with E-state index in [1.165, 1.54) is 24.4 Å². The van der Waals surface area contributed by atoms with E-state index >= 15 is 4.39 Å². The Hall–Kier alpha value is -5.17. The number of piperazine rings is 1. The van der Waals surface area contributed by atoms with Crippen LogP contribution < -0.4 is 9.64 Å². The van der Waals surface area contributed by atoms with Crippen LogP contribution in [0.3, 0.4) is 0 Å². The molecule has 4 heterocycles. The molecule has 2 aromatic heterocycles. The van der Waals surface area contributed by atoms with E-state index in [9.17, 15) is 33.1 Å². The van der Waals surface area contributed by atoms with Crippen molar-refractivity contribution in [3.05, 3.63) is 53.2 Å². The molecule has 2 unspecified atom stereocenters. The van der Waals surface area contributed by atoms with Crippen LogP contribution in [0.25, 0.3) is 32.9 Å². The van der Waals surface area contributed by atoms with E-state index in [1.807, 2.05) is 6.07 Å². The second-order valence-corrected chi connectivity index (χ2v) is 13.7. The Morgan fingerprint density at radius 2 is 1.88 bits per heavy atom. The lowest BCUT2D eigenvalue weighted by molar-refractivity contribution is -0.00277. The van der Waals surface area contributed by atoms with Crippen molar-refractivity contribution in [3.8, 4) is 23.3 Å². The molecular weight excluding hydrogens is 698 g/mol. The number of carbonyl (C=O) groups excluding carboxylic acids is 1. The zero-order valence-electron chi connectivity index (χ0n) is 27.7. The van der Waals surface area contributed by atoms with Crippen molar-refractivity contribution in [1.82, 2.24) is 24.8 Å². The molecule has 0 aliphatic carbocycles. The molecule has 2 atom stereocenters. The molecule has 2 amide bonds. The van der Waals surface area contributed by atoms with Crippen molar-refractivity contribution in [3.63, 3.8) is 0 Å². The number of carbonyl (C=O) groups is 2. The molecule has 51 heavy (non-hydrogen) atoms. The normalized spacial score (nSPS) is 19.0. The maximum Gasteiger partial charge on any atom is 0.410 e. The van der Waals surface area contributed by atoms with Gasteiger partial charge in [-0.3, -0.25) is 9.88 Å². The van der Waals surface area contributed by atoms with Gasteiger partial charge in [-0.25, -0.2) is 27.2 Å². The van der Waals surface area contributed by atoms with Gasteiger partial charge >= 0.3 is 18.2 Å². The number of rotatable bonds is 6. The van der Waals surface area contributed by atoms with Crippen LogP contribution in [0, 0.1) is 23.0 Å². The number of halogens is 5. The number of fused-ring (bicyclic) bond motifs is 2. The van der Waals surface area contributed by atoms with Gasteiger partial charge in [0.05, 0.1) is 41.5 Å². The summed E-state index contributed by atoms with van der Waals surface area (Å²) in [5.74, 6) is -4.81. The Morgan fingerprint density at radius 3 is 2.59 bits per heavy atom. The van der Waals surface area contributed by atoms with Crippen LogP contribution in [0.15, 0.2) is 36.5 Å². The van der Waals surface area contributed by atoms with Gasteiger partial charge in [0.2, 0.25) is 0 Å². The second kappa shape index (κ2) is 13.5. The largest absolute Gasteiger partial charge is 0.465 e. The fourth-order valence-electron chi connectivity index (χ4n) is 6.35. The first-order valence-electron chi connectivity index (χ1n) is 15.9. The number of likely N-dealkylation sites (tertiary alicyclic amines) is 1. The molecule has 2 aliphatic heterocycles. The smallest absolute Gasteiger partial charge is 0.410 e. The summed E-state index contributed by atoms with van der Waals surface area (Å²) in [6.07, 6.45) is -1.73. The number of nitriles is 1. The minimum atomic E-state index is -3.23. The molecule has 2 aliphatic rings. The van der Waals surface area contributed by atoms with Gasteiger partial charge in [-0.05, 0) is 32.2 Å². The Balaban J connectivity index is 1.44. The highest BCUT2D eigenvalue weighted by molar-refractivity contribution is 6.36. The van der Waals surface area contributed by atoms with Gasteiger partial charge in [-0.1, -0.05) is 35.9 Å². The molecule has 17 heteroatoms. The number of pyridine rings is 1. The van der Waals surface area contributed by atoms with Crippen LogP contribution in [0.5, 0.6) is 6.01 Å². The van der Waals surface area contributed by atoms with Gasteiger partial charge in [-0.2, -0.15) is 15.2 Å². The third kappa shape index (κ3) is 7.21. The summed E-state index contributed by atoms with van der Waals surface area (Å²) in [6, 6.07) is 7.16. The quantitative estimate of drug-likeness (QED) is 0.209. The fourth-order valence-corrected chi connectivity index (χ4v) is 6.63. The molecule has 2 fully saturated rings. The van der Waals surface area contributed by atoms with Gasteiger partial charge in [0.25, 0.3) is 5.92 Å². The number of hydrogen-bond donors (Lipinski definition) is 1. The summed E-state index contributed by atoms with van der Waals surface area (Å²) in [5, 5.41) is 19.7. The van der Waals surface area contributed by atoms with Crippen molar-refractivity contribution in [2.24, 2.45) is 0 Å². The summed E-state index contributed by atoms with van der Waals surface area (Å²) < 4.78 is 71.6. The number of hydrogen-bond acceptors (Lipinski definition) is 9. The van der Waals surface area contributed by atoms with E-state index in [0.29, 0.717) is 5.39 Å². The van der Waals surface area contributed by atoms with E-state index in [0.717, 1.165) is 9.80 Å². The van der Waals surface area contributed by atoms with Crippen LogP contribution in [-0.2, 0) is 4.74 Å². The highest BCUT2D eigenvalue weighted by Gasteiger charge is 2.48. The monoisotopic (exact) mass is 729 g/mol. The lowest BCUT2D eigenvalue weighted by Gasteiger charge is -2.39. The molecule has 4 aromatic rings. The predicted octanol–water partition coefficient (Wildman–Crippen LogP) is 6.88. The first-order chi connectivity index (χ1) is 24.1. The molecule has 6 rings (SSSR count). The summed E-state index contributed by atoms with van der Waals surface area (Å²) in [4.78, 5) is 41.5. The molecule has 0 radical (unpaired) electrons. The number of ether oxygens (including phenoxy) is 2. The van der Waals surface area contributed by atoms with Crippen molar-refractivity contribution in [2.75, 3.05) is 37.7 Å². The maximum absolute atomic E-state index is 16.7. The van der Waals surface area contributed by atoms with Gasteiger partial charge in [-0.15, -0.1) is 0 Å².